The third-order valence-corrected chi connectivity index (χ3v) is 2.10. The molecule has 6 nitrogen and oxygen atoms in total. The van der Waals surface area contributed by atoms with Crippen molar-refractivity contribution in [1.29, 1.82) is 0 Å². The fourth-order valence-corrected chi connectivity index (χ4v) is 1.41. The molecule has 0 heterocycles. The molecule has 94 valence electrons. The normalized spacial score (nSPS) is 10.0. The highest BCUT2D eigenvalue weighted by molar-refractivity contribution is 5.68. The highest BCUT2D eigenvalue weighted by atomic mass is 16.6. The van der Waals surface area contributed by atoms with Crippen LogP contribution >= 0.6 is 0 Å². The van der Waals surface area contributed by atoms with E-state index in [1.54, 1.807) is 32.2 Å². The standard InChI is InChI=1S/C11H16N2O4/c1-3-17-10-6-4-5-9(11(10)13(14)15)12-7-8-16-2/h4-6,12H,3,7-8H2,1-2H3. The van der Waals surface area contributed by atoms with E-state index in [4.69, 9.17) is 9.47 Å². The highest BCUT2D eigenvalue weighted by Gasteiger charge is 2.20. The average molecular weight is 240 g/mol. The lowest BCUT2D eigenvalue weighted by atomic mass is 10.2. The number of methoxy groups -OCH3 is 1. The van der Waals surface area contributed by atoms with Gasteiger partial charge in [0.2, 0.25) is 0 Å². The summed E-state index contributed by atoms with van der Waals surface area (Å²) in [6.07, 6.45) is 0. The number of anilines is 1. The van der Waals surface area contributed by atoms with E-state index < -0.39 is 4.92 Å². The summed E-state index contributed by atoms with van der Waals surface area (Å²) in [5, 5.41) is 14.0. The molecule has 0 spiro atoms. The van der Waals surface area contributed by atoms with Crippen LogP contribution in [0.1, 0.15) is 6.92 Å². The molecule has 0 fully saturated rings. The van der Waals surface area contributed by atoms with Crippen LogP contribution in [0, 0.1) is 10.1 Å². The van der Waals surface area contributed by atoms with Crippen LogP contribution in [-0.4, -0.2) is 31.8 Å². The number of nitro benzene ring substituents is 1. The first kappa shape index (κ1) is 13.2. The number of hydrogen-bond donors (Lipinski definition) is 1. The van der Waals surface area contributed by atoms with Crippen molar-refractivity contribution >= 4 is 11.4 Å². The molecular weight excluding hydrogens is 224 g/mol. The smallest absolute Gasteiger partial charge is 0.333 e. The van der Waals surface area contributed by atoms with Crippen molar-refractivity contribution in [3.8, 4) is 5.75 Å². The van der Waals surface area contributed by atoms with Crippen LogP contribution in [0.15, 0.2) is 18.2 Å². The van der Waals surface area contributed by atoms with E-state index in [1.807, 2.05) is 0 Å². The van der Waals surface area contributed by atoms with Gasteiger partial charge in [-0.3, -0.25) is 10.1 Å². The topological polar surface area (TPSA) is 73.6 Å². The van der Waals surface area contributed by atoms with Crippen LogP contribution in [0.2, 0.25) is 0 Å². The molecule has 0 amide bonds. The minimum Gasteiger partial charge on any atom is -0.487 e. The number of ether oxygens (including phenoxy) is 2. The molecule has 0 saturated heterocycles. The van der Waals surface area contributed by atoms with E-state index in [-0.39, 0.29) is 11.4 Å². The minimum absolute atomic E-state index is 0.0366. The molecule has 1 aromatic rings. The molecule has 6 heteroatoms. The lowest BCUT2D eigenvalue weighted by molar-refractivity contribution is -0.384. The molecule has 0 aromatic heterocycles. The molecule has 17 heavy (non-hydrogen) atoms. The third kappa shape index (κ3) is 3.60. The molecule has 0 unspecified atom stereocenters. The summed E-state index contributed by atoms with van der Waals surface area (Å²) < 4.78 is 10.1. The predicted octanol–water partition coefficient (Wildman–Crippen LogP) is 2.05. The molecular formula is C11H16N2O4. The first-order valence-electron chi connectivity index (χ1n) is 5.33. The predicted molar refractivity (Wildman–Crippen MR) is 64.6 cm³/mol. The van der Waals surface area contributed by atoms with Crippen molar-refractivity contribution in [2.75, 3.05) is 32.2 Å². The Hall–Kier alpha value is -1.82. The second-order valence-corrected chi connectivity index (χ2v) is 3.26. The van der Waals surface area contributed by atoms with Gasteiger partial charge in [-0.2, -0.15) is 0 Å². The second-order valence-electron chi connectivity index (χ2n) is 3.26. The van der Waals surface area contributed by atoms with Crippen molar-refractivity contribution in [2.24, 2.45) is 0 Å². The summed E-state index contributed by atoms with van der Waals surface area (Å²) in [4.78, 5) is 10.6. The maximum absolute atomic E-state index is 11.0. The van der Waals surface area contributed by atoms with Crippen LogP contribution in [0.5, 0.6) is 5.75 Å². The number of para-hydroxylation sites is 1. The van der Waals surface area contributed by atoms with Crippen LogP contribution in [0.4, 0.5) is 11.4 Å². The number of hydrogen-bond acceptors (Lipinski definition) is 5. The lowest BCUT2D eigenvalue weighted by Crippen LogP contribution is -2.10. The molecule has 0 saturated carbocycles. The van der Waals surface area contributed by atoms with E-state index in [1.165, 1.54) is 0 Å². The summed E-state index contributed by atoms with van der Waals surface area (Å²) >= 11 is 0. The Balaban J connectivity index is 2.94. The van der Waals surface area contributed by atoms with E-state index in [9.17, 15) is 10.1 Å². The summed E-state index contributed by atoms with van der Waals surface area (Å²) in [6, 6.07) is 4.95. The van der Waals surface area contributed by atoms with Gasteiger partial charge in [0.05, 0.1) is 18.1 Å². The molecule has 0 radical (unpaired) electrons. The summed E-state index contributed by atoms with van der Waals surface area (Å²) in [5.74, 6) is 0.278. The Labute approximate surface area is 99.7 Å². The molecule has 1 N–H and O–H groups in total. The maximum atomic E-state index is 11.0. The first-order valence-corrected chi connectivity index (χ1v) is 5.33. The Morgan fingerprint density at radius 1 is 1.47 bits per heavy atom. The Bertz CT molecular complexity index is 382. The van der Waals surface area contributed by atoms with Gasteiger partial charge in [0.1, 0.15) is 5.69 Å². The third-order valence-electron chi connectivity index (χ3n) is 2.10. The fourth-order valence-electron chi connectivity index (χ4n) is 1.41. The van der Waals surface area contributed by atoms with Crippen LogP contribution in [0.3, 0.4) is 0 Å². The molecule has 0 aliphatic carbocycles. The van der Waals surface area contributed by atoms with Crippen molar-refractivity contribution in [3.05, 3.63) is 28.3 Å². The maximum Gasteiger partial charge on any atom is 0.333 e. The second kappa shape index (κ2) is 6.70. The highest BCUT2D eigenvalue weighted by Crippen LogP contribution is 2.34. The van der Waals surface area contributed by atoms with Gasteiger partial charge in [0.25, 0.3) is 0 Å². The van der Waals surface area contributed by atoms with E-state index in [0.29, 0.717) is 25.4 Å². The summed E-state index contributed by atoms with van der Waals surface area (Å²) in [7, 11) is 1.58. The molecule has 0 aliphatic heterocycles. The number of nitro groups is 1. The molecule has 0 aliphatic rings. The Kier molecular flexibility index (Phi) is 5.22. The van der Waals surface area contributed by atoms with Crippen molar-refractivity contribution < 1.29 is 14.4 Å². The number of nitrogens with zero attached hydrogens (tertiary/aromatic N) is 1. The van der Waals surface area contributed by atoms with Crippen LogP contribution in [0.25, 0.3) is 0 Å². The van der Waals surface area contributed by atoms with Gasteiger partial charge in [-0.25, -0.2) is 0 Å². The first-order chi connectivity index (χ1) is 8.20. The summed E-state index contributed by atoms with van der Waals surface area (Å²) in [6.45, 7) is 3.17. The SMILES string of the molecule is CCOc1cccc(NCCOC)c1[N+](=O)[O-]. The zero-order valence-electron chi connectivity index (χ0n) is 9.93. The van der Waals surface area contributed by atoms with Crippen molar-refractivity contribution in [1.82, 2.24) is 0 Å². The molecule has 0 atom stereocenters. The molecule has 0 bridgehead atoms. The van der Waals surface area contributed by atoms with Crippen LogP contribution < -0.4 is 10.1 Å². The number of benzene rings is 1. The number of nitrogens with one attached hydrogen (secondary N) is 1. The van der Waals surface area contributed by atoms with Gasteiger partial charge in [-0.1, -0.05) is 6.07 Å². The number of rotatable bonds is 7. The van der Waals surface area contributed by atoms with Gasteiger partial charge in [0.15, 0.2) is 5.75 Å². The summed E-state index contributed by atoms with van der Waals surface area (Å²) in [5.41, 5.74) is 0.406. The van der Waals surface area contributed by atoms with Gasteiger partial charge < -0.3 is 14.8 Å². The fraction of sp³-hybridized carbons (Fsp3) is 0.455. The quantitative estimate of drug-likeness (QED) is 0.448. The largest absolute Gasteiger partial charge is 0.487 e. The lowest BCUT2D eigenvalue weighted by Gasteiger charge is -2.09. The van der Waals surface area contributed by atoms with Gasteiger partial charge in [-0.15, -0.1) is 0 Å². The van der Waals surface area contributed by atoms with Crippen molar-refractivity contribution in [2.45, 2.75) is 6.92 Å². The minimum atomic E-state index is -0.444. The zero-order valence-corrected chi connectivity index (χ0v) is 9.93. The van der Waals surface area contributed by atoms with Crippen molar-refractivity contribution in [3.63, 3.8) is 0 Å². The Morgan fingerprint density at radius 3 is 2.82 bits per heavy atom. The van der Waals surface area contributed by atoms with E-state index in [2.05, 4.69) is 5.32 Å². The molecule has 1 aromatic carbocycles. The molecule has 1 rings (SSSR count). The van der Waals surface area contributed by atoms with E-state index in [0.717, 1.165) is 0 Å². The zero-order chi connectivity index (χ0) is 12.7. The van der Waals surface area contributed by atoms with Gasteiger partial charge >= 0.3 is 5.69 Å². The monoisotopic (exact) mass is 240 g/mol. The average Bonchev–Trinajstić information content (AvgIpc) is 2.29. The Morgan fingerprint density at radius 2 is 2.24 bits per heavy atom. The van der Waals surface area contributed by atoms with Crippen LogP contribution in [-0.2, 0) is 4.74 Å². The van der Waals surface area contributed by atoms with Gasteiger partial charge in [-0.05, 0) is 19.1 Å². The van der Waals surface area contributed by atoms with E-state index >= 15 is 0 Å². The van der Waals surface area contributed by atoms with Gasteiger partial charge in [0, 0.05) is 13.7 Å².